The molecule has 0 N–H and O–H groups in total. The molecule has 3 heteroatoms. The number of anilines is 3. The Hall–Kier alpha value is -6.52. The summed E-state index contributed by atoms with van der Waals surface area (Å²) in [6.45, 7) is 0. The molecule has 11 aromatic rings. The van der Waals surface area contributed by atoms with Gasteiger partial charge in [0.1, 0.15) is 0 Å². The molecule has 0 aliphatic carbocycles. The minimum atomic E-state index is 1.11. The second-order valence-corrected chi connectivity index (χ2v) is 16.3. The van der Waals surface area contributed by atoms with Crippen LogP contribution in [0, 0.1) is 0 Å². The van der Waals surface area contributed by atoms with Gasteiger partial charge < -0.3 is 4.90 Å². The van der Waals surface area contributed by atoms with Gasteiger partial charge >= 0.3 is 0 Å². The zero-order chi connectivity index (χ0) is 36.3. The van der Waals surface area contributed by atoms with E-state index in [0.717, 1.165) is 17.1 Å². The molecule has 1 nitrogen and oxygen atoms in total. The van der Waals surface area contributed by atoms with Crippen LogP contribution < -0.4 is 4.90 Å². The van der Waals surface area contributed by atoms with Crippen molar-refractivity contribution in [2.24, 2.45) is 0 Å². The molecule has 0 spiro atoms. The van der Waals surface area contributed by atoms with E-state index in [1.807, 2.05) is 22.7 Å². The normalized spacial score (nSPS) is 11.6. The molecule has 0 fully saturated rings. The first kappa shape index (κ1) is 32.0. The van der Waals surface area contributed by atoms with Crippen molar-refractivity contribution in [3.8, 4) is 33.4 Å². The van der Waals surface area contributed by atoms with E-state index in [1.54, 1.807) is 0 Å². The van der Waals surface area contributed by atoms with Crippen molar-refractivity contribution in [1.29, 1.82) is 0 Å². The summed E-state index contributed by atoms with van der Waals surface area (Å²) < 4.78 is 5.31. The molecule has 0 amide bonds. The highest BCUT2D eigenvalue weighted by Crippen LogP contribution is 2.41. The number of fused-ring (bicyclic) bond motifs is 7. The van der Waals surface area contributed by atoms with Gasteiger partial charge in [0.25, 0.3) is 0 Å². The van der Waals surface area contributed by atoms with Crippen molar-refractivity contribution in [3.63, 3.8) is 0 Å². The minimum absolute atomic E-state index is 1.11. The fourth-order valence-electron chi connectivity index (χ4n) is 8.06. The van der Waals surface area contributed by atoms with Crippen molar-refractivity contribution in [2.45, 2.75) is 0 Å². The standard InChI is InChI=1S/C52H33NS2/c1-2-9-37-30-39(17-16-34(37)8-1)38-10-7-11-44(31-38)53(42-24-18-35(19-25-42)40-23-29-51-48(32-40)46-13-4-6-15-50(46)54-51)43-26-20-36(21-27-43)41-22-28-47-45-12-3-5-14-49(45)55-52(47)33-41/h1-33H. The van der Waals surface area contributed by atoms with E-state index in [4.69, 9.17) is 0 Å². The van der Waals surface area contributed by atoms with E-state index in [-0.39, 0.29) is 0 Å². The van der Waals surface area contributed by atoms with Gasteiger partial charge in [-0.3, -0.25) is 0 Å². The summed E-state index contributed by atoms with van der Waals surface area (Å²) in [5.41, 5.74) is 10.6. The highest BCUT2D eigenvalue weighted by molar-refractivity contribution is 7.26. The van der Waals surface area contributed by atoms with Crippen molar-refractivity contribution in [3.05, 3.63) is 200 Å². The molecule has 2 heterocycles. The SMILES string of the molecule is c1cc(-c2ccc3ccccc3c2)cc(N(c2ccc(-c3ccc4c(c3)sc3ccccc34)cc2)c2ccc(-c3ccc4sc5ccccc5c4c3)cc2)c1. The van der Waals surface area contributed by atoms with Gasteiger partial charge in [0.05, 0.1) is 0 Å². The first-order valence-electron chi connectivity index (χ1n) is 18.6. The van der Waals surface area contributed by atoms with Gasteiger partial charge in [-0.2, -0.15) is 0 Å². The van der Waals surface area contributed by atoms with Crippen LogP contribution in [0.25, 0.3) is 84.5 Å². The van der Waals surface area contributed by atoms with Crippen molar-refractivity contribution in [1.82, 2.24) is 0 Å². The molecule has 0 radical (unpaired) electrons. The zero-order valence-electron chi connectivity index (χ0n) is 29.8. The monoisotopic (exact) mass is 735 g/mol. The maximum atomic E-state index is 2.38. The quantitative estimate of drug-likeness (QED) is 0.164. The Kier molecular flexibility index (Phi) is 7.61. The van der Waals surface area contributed by atoms with Crippen LogP contribution in [0.1, 0.15) is 0 Å². The zero-order valence-corrected chi connectivity index (χ0v) is 31.4. The first-order chi connectivity index (χ1) is 27.2. The highest BCUT2D eigenvalue weighted by atomic mass is 32.1. The number of benzene rings is 9. The summed E-state index contributed by atoms with van der Waals surface area (Å²) in [4.78, 5) is 2.38. The molecule has 0 atom stereocenters. The van der Waals surface area contributed by atoms with Crippen molar-refractivity contribution < 1.29 is 0 Å². The summed E-state index contributed by atoms with van der Waals surface area (Å²) in [7, 11) is 0. The Labute approximate surface area is 327 Å². The third-order valence-corrected chi connectivity index (χ3v) is 13.1. The Morgan fingerprint density at radius 1 is 0.255 bits per heavy atom. The first-order valence-corrected chi connectivity index (χ1v) is 20.3. The minimum Gasteiger partial charge on any atom is -0.310 e. The van der Waals surface area contributed by atoms with Gasteiger partial charge in [-0.1, -0.05) is 127 Å². The maximum absolute atomic E-state index is 2.38. The number of rotatable bonds is 6. The predicted molar refractivity (Wildman–Crippen MR) is 241 cm³/mol. The molecule has 55 heavy (non-hydrogen) atoms. The second-order valence-electron chi connectivity index (χ2n) is 14.2. The van der Waals surface area contributed by atoms with E-state index < -0.39 is 0 Å². The van der Waals surface area contributed by atoms with E-state index in [1.165, 1.54) is 84.5 Å². The molecule has 11 rings (SSSR count). The van der Waals surface area contributed by atoms with Crippen LogP contribution in [0.15, 0.2) is 200 Å². The van der Waals surface area contributed by atoms with E-state index in [9.17, 15) is 0 Å². The van der Waals surface area contributed by atoms with Gasteiger partial charge in [0, 0.05) is 57.4 Å². The van der Waals surface area contributed by atoms with Gasteiger partial charge in [-0.05, 0) is 117 Å². The lowest BCUT2D eigenvalue weighted by atomic mass is 9.99. The molecule has 2 aromatic heterocycles. The molecule has 0 bridgehead atoms. The molecule has 0 saturated heterocycles. The van der Waals surface area contributed by atoms with Crippen LogP contribution in [0.5, 0.6) is 0 Å². The van der Waals surface area contributed by atoms with Crippen LogP contribution in [-0.4, -0.2) is 0 Å². The van der Waals surface area contributed by atoms with Crippen LogP contribution in [0.3, 0.4) is 0 Å². The van der Waals surface area contributed by atoms with Crippen LogP contribution in [0.4, 0.5) is 17.1 Å². The largest absolute Gasteiger partial charge is 0.310 e. The molecule has 258 valence electrons. The van der Waals surface area contributed by atoms with E-state index in [0.29, 0.717) is 0 Å². The fraction of sp³-hybridized carbons (Fsp3) is 0. The van der Waals surface area contributed by atoms with Gasteiger partial charge in [-0.15, -0.1) is 22.7 Å². The number of hydrogen-bond acceptors (Lipinski definition) is 3. The van der Waals surface area contributed by atoms with Gasteiger partial charge in [-0.25, -0.2) is 0 Å². The van der Waals surface area contributed by atoms with E-state index in [2.05, 4.69) is 205 Å². The average Bonchev–Trinajstić information content (AvgIpc) is 3.82. The number of hydrogen-bond donors (Lipinski definition) is 0. The molecular weight excluding hydrogens is 703 g/mol. The lowest BCUT2D eigenvalue weighted by Crippen LogP contribution is -2.10. The second kappa shape index (κ2) is 13.1. The summed E-state index contributed by atoms with van der Waals surface area (Å²) >= 11 is 3.73. The summed E-state index contributed by atoms with van der Waals surface area (Å²) in [5, 5.41) is 7.80. The predicted octanol–water partition coefficient (Wildman–Crippen LogP) is 16.0. The molecule has 9 aromatic carbocycles. The average molecular weight is 736 g/mol. The van der Waals surface area contributed by atoms with Gasteiger partial charge in [0.2, 0.25) is 0 Å². The maximum Gasteiger partial charge on any atom is 0.0467 e. The van der Waals surface area contributed by atoms with Gasteiger partial charge in [0.15, 0.2) is 0 Å². The van der Waals surface area contributed by atoms with Crippen LogP contribution >= 0.6 is 22.7 Å². The Bertz CT molecular complexity index is 3200. The summed E-state index contributed by atoms with van der Waals surface area (Å²) in [6.07, 6.45) is 0. The smallest absolute Gasteiger partial charge is 0.0467 e. The molecule has 0 aliphatic rings. The van der Waals surface area contributed by atoms with Crippen LogP contribution in [-0.2, 0) is 0 Å². The van der Waals surface area contributed by atoms with Crippen molar-refractivity contribution >= 4 is 90.9 Å². The third-order valence-electron chi connectivity index (χ3n) is 10.9. The summed E-state index contributed by atoms with van der Waals surface area (Å²) in [5.74, 6) is 0. The lowest BCUT2D eigenvalue weighted by Gasteiger charge is -2.26. The highest BCUT2D eigenvalue weighted by Gasteiger charge is 2.16. The number of thiophene rings is 2. The third kappa shape index (κ3) is 5.68. The van der Waals surface area contributed by atoms with E-state index >= 15 is 0 Å². The van der Waals surface area contributed by atoms with Crippen molar-refractivity contribution in [2.75, 3.05) is 4.90 Å². The Morgan fingerprint density at radius 3 is 1.51 bits per heavy atom. The lowest BCUT2D eigenvalue weighted by molar-refractivity contribution is 1.28. The molecule has 0 aliphatic heterocycles. The number of nitrogens with zero attached hydrogens (tertiary/aromatic N) is 1. The van der Waals surface area contributed by atoms with Crippen LogP contribution in [0.2, 0.25) is 0 Å². The molecule has 0 unspecified atom stereocenters. The fourth-order valence-corrected chi connectivity index (χ4v) is 10.3. The Morgan fingerprint density at radius 2 is 0.764 bits per heavy atom. The molecule has 0 saturated carbocycles. The summed E-state index contributed by atoms with van der Waals surface area (Å²) in [6, 6.07) is 73.5. The Balaban J connectivity index is 0.989. The topological polar surface area (TPSA) is 3.24 Å². The molecular formula is C52H33NS2.